The van der Waals surface area contributed by atoms with Crippen LogP contribution in [0.15, 0.2) is 36.5 Å². The van der Waals surface area contributed by atoms with Gasteiger partial charge in [0.1, 0.15) is 0 Å². The van der Waals surface area contributed by atoms with Gasteiger partial charge in [0.2, 0.25) is 0 Å². The van der Waals surface area contributed by atoms with Crippen molar-refractivity contribution < 1.29 is 4.79 Å². The highest BCUT2D eigenvalue weighted by Gasteiger charge is 2.15. The van der Waals surface area contributed by atoms with E-state index < -0.39 is 5.91 Å². The van der Waals surface area contributed by atoms with Crippen LogP contribution in [0.25, 0.3) is 10.9 Å². The lowest BCUT2D eigenvalue weighted by Gasteiger charge is -2.07. The lowest BCUT2D eigenvalue weighted by molar-refractivity contribution is 0.0999. The Morgan fingerprint density at radius 2 is 1.95 bits per heavy atom. The molecule has 0 fully saturated rings. The molecule has 1 amide bonds. The third-order valence-electron chi connectivity index (χ3n) is 3.86. The molecule has 0 saturated heterocycles. The fraction of sp³-hybridized carbons (Fsp3) is 0.250. The summed E-state index contributed by atoms with van der Waals surface area (Å²) < 4.78 is 4.04. The minimum atomic E-state index is -0.414. The summed E-state index contributed by atoms with van der Waals surface area (Å²) >= 11 is 0. The van der Waals surface area contributed by atoms with Crippen molar-refractivity contribution in [1.29, 1.82) is 0 Å². The van der Waals surface area contributed by atoms with Crippen LogP contribution in [0, 0.1) is 13.8 Å². The number of carbonyl (C=O) groups is 1. The number of rotatable bonds is 4. The Labute approximate surface area is 123 Å². The number of amides is 1. The summed E-state index contributed by atoms with van der Waals surface area (Å²) in [6.07, 6.45) is 2.07. The fourth-order valence-corrected chi connectivity index (χ4v) is 2.81. The maximum atomic E-state index is 11.4. The van der Waals surface area contributed by atoms with Crippen molar-refractivity contribution in [2.45, 2.75) is 26.9 Å². The van der Waals surface area contributed by atoms with Gasteiger partial charge in [-0.3, -0.25) is 9.48 Å². The number of carbonyl (C=O) groups excluding carboxylic acids is 1. The number of para-hydroxylation sites is 1. The molecule has 0 saturated carbocycles. The van der Waals surface area contributed by atoms with Crippen LogP contribution in [0.1, 0.15) is 21.7 Å². The lowest BCUT2D eigenvalue weighted by atomic mass is 10.2. The summed E-state index contributed by atoms with van der Waals surface area (Å²) in [5, 5.41) is 5.64. The van der Waals surface area contributed by atoms with Crippen molar-refractivity contribution in [1.82, 2.24) is 14.3 Å². The highest BCUT2D eigenvalue weighted by molar-refractivity contribution is 5.95. The van der Waals surface area contributed by atoms with Crippen molar-refractivity contribution in [2.24, 2.45) is 5.73 Å². The lowest BCUT2D eigenvalue weighted by Crippen LogP contribution is -2.14. The van der Waals surface area contributed by atoms with E-state index in [0.29, 0.717) is 17.8 Å². The zero-order chi connectivity index (χ0) is 15.0. The van der Waals surface area contributed by atoms with Gasteiger partial charge in [0.25, 0.3) is 5.91 Å². The monoisotopic (exact) mass is 282 g/mol. The summed E-state index contributed by atoms with van der Waals surface area (Å²) in [4.78, 5) is 11.4. The number of nitrogens with two attached hydrogens (primary N) is 1. The van der Waals surface area contributed by atoms with E-state index in [-0.39, 0.29) is 0 Å². The number of hydrogen-bond donors (Lipinski definition) is 1. The number of fused-ring (bicyclic) bond motifs is 1. The molecule has 0 radical (unpaired) electrons. The second-order valence-corrected chi connectivity index (χ2v) is 5.20. The molecule has 2 aromatic heterocycles. The molecular formula is C16H18N4O. The van der Waals surface area contributed by atoms with Gasteiger partial charge < -0.3 is 10.3 Å². The summed E-state index contributed by atoms with van der Waals surface area (Å²) in [7, 11) is 0. The first-order chi connectivity index (χ1) is 10.1. The number of primary amides is 1. The maximum Gasteiger partial charge on any atom is 0.252 e. The van der Waals surface area contributed by atoms with E-state index >= 15 is 0 Å². The Hall–Kier alpha value is -2.56. The first-order valence-corrected chi connectivity index (χ1v) is 6.95. The highest BCUT2D eigenvalue weighted by Crippen LogP contribution is 2.16. The third kappa shape index (κ3) is 2.31. The summed E-state index contributed by atoms with van der Waals surface area (Å²) in [6, 6.07) is 10.4. The minimum Gasteiger partial charge on any atom is -0.365 e. The second-order valence-electron chi connectivity index (χ2n) is 5.20. The van der Waals surface area contributed by atoms with Crippen LogP contribution in [-0.4, -0.2) is 20.3 Å². The molecule has 0 spiro atoms. The first-order valence-electron chi connectivity index (χ1n) is 6.95. The Kier molecular flexibility index (Phi) is 3.25. The number of aryl methyl sites for hydroxylation is 3. The summed E-state index contributed by atoms with van der Waals surface area (Å²) in [6.45, 7) is 5.20. The van der Waals surface area contributed by atoms with Crippen LogP contribution in [0.5, 0.6) is 0 Å². The molecule has 21 heavy (non-hydrogen) atoms. The van der Waals surface area contributed by atoms with Crippen molar-refractivity contribution in [3.63, 3.8) is 0 Å². The molecule has 0 aliphatic heterocycles. The molecule has 2 N–H and O–H groups in total. The molecule has 0 bridgehead atoms. The third-order valence-corrected chi connectivity index (χ3v) is 3.86. The van der Waals surface area contributed by atoms with Gasteiger partial charge in [-0.15, -0.1) is 0 Å². The smallest absolute Gasteiger partial charge is 0.252 e. The molecule has 2 heterocycles. The first kappa shape index (κ1) is 13.4. The van der Waals surface area contributed by atoms with E-state index in [1.165, 1.54) is 10.9 Å². The Morgan fingerprint density at radius 1 is 1.19 bits per heavy atom. The van der Waals surface area contributed by atoms with Gasteiger partial charge in [0, 0.05) is 24.0 Å². The SMILES string of the molecule is Cc1nn(CCn2ccc3ccccc32)c(C)c1C(N)=O. The molecule has 3 aromatic rings. The molecule has 0 unspecified atom stereocenters. The van der Waals surface area contributed by atoms with Crippen LogP contribution in [-0.2, 0) is 13.1 Å². The van der Waals surface area contributed by atoms with E-state index in [1.807, 2.05) is 30.7 Å². The summed E-state index contributed by atoms with van der Waals surface area (Å²) in [5.41, 5.74) is 8.66. The molecule has 0 aliphatic carbocycles. The molecule has 5 heteroatoms. The quantitative estimate of drug-likeness (QED) is 0.797. The number of hydrogen-bond acceptors (Lipinski definition) is 2. The van der Waals surface area contributed by atoms with Crippen LogP contribution in [0.3, 0.4) is 0 Å². The molecule has 3 rings (SSSR count). The fourth-order valence-electron chi connectivity index (χ4n) is 2.81. The van der Waals surface area contributed by atoms with E-state index in [2.05, 4.69) is 34.1 Å². The van der Waals surface area contributed by atoms with Crippen molar-refractivity contribution in [2.75, 3.05) is 0 Å². The average Bonchev–Trinajstić information content (AvgIpc) is 2.98. The van der Waals surface area contributed by atoms with Crippen molar-refractivity contribution >= 4 is 16.8 Å². The Bertz CT molecular complexity index is 813. The standard InChI is InChI=1S/C16H18N4O/c1-11-15(16(17)21)12(2)20(18-11)10-9-19-8-7-13-5-3-4-6-14(13)19/h3-8H,9-10H2,1-2H3,(H2,17,21). The van der Waals surface area contributed by atoms with Gasteiger partial charge >= 0.3 is 0 Å². The Balaban J connectivity index is 1.85. The number of benzene rings is 1. The van der Waals surface area contributed by atoms with Gasteiger partial charge in [-0.1, -0.05) is 18.2 Å². The average molecular weight is 282 g/mol. The minimum absolute atomic E-state index is 0.414. The molecular weight excluding hydrogens is 264 g/mol. The number of aromatic nitrogens is 3. The normalized spacial score (nSPS) is 11.1. The van der Waals surface area contributed by atoms with E-state index in [4.69, 9.17) is 5.73 Å². The molecule has 5 nitrogen and oxygen atoms in total. The van der Waals surface area contributed by atoms with Gasteiger partial charge in [-0.05, 0) is 31.4 Å². The van der Waals surface area contributed by atoms with Crippen molar-refractivity contribution in [3.8, 4) is 0 Å². The predicted octanol–water partition coefficient (Wildman–Crippen LogP) is 2.25. The van der Waals surface area contributed by atoms with Crippen LogP contribution < -0.4 is 5.73 Å². The predicted molar refractivity (Wildman–Crippen MR) is 82.2 cm³/mol. The number of nitrogens with zero attached hydrogens (tertiary/aromatic N) is 3. The van der Waals surface area contributed by atoms with Gasteiger partial charge in [0.05, 0.1) is 17.8 Å². The molecule has 0 aliphatic rings. The van der Waals surface area contributed by atoms with Crippen LogP contribution >= 0.6 is 0 Å². The van der Waals surface area contributed by atoms with Crippen LogP contribution in [0.2, 0.25) is 0 Å². The van der Waals surface area contributed by atoms with Gasteiger partial charge in [-0.2, -0.15) is 5.10 Å². The molecule has 0 atom stereocenters. The largest absolute Gasteiger partial charge is 0.365 e. The van der Waals surface area contributed by atoms with E-state index in [9.17, 15) is 4.79 Å². The topological polar surface area (TPSA) is 65.8 Å². The zero-order valence-electron chi connectivity index (χ0n) is 12.2. The molecule has 1 aromatic carbocycles. The Morgan fingerprint density at radius 3 is 2.67 bits per heavy atom. The molecule has 108 valence electrons. The van der Waals surface area contributed by atoms with Crippen LogP contribution in [0.4, 0.5) is 0 Å². The maximum absolute atomic E-state index is 11.4. The van der Waals surface area contributed by atoms with Gasteiger partial charge in [-0.25, -0.2) is 0 Å². The van der Waals surface area contributed by atoms with E-state index in [1.54, 1.807) is 0 Å². The summed E-state index contributed by atoms with van der Waals surface area (Å²) in [5.74, 6) is -0.414. The zero-order valence-corrected chi connectivity index (χ0v) is 12.2. The second kappa shape index (κ2) is 5.09. The van der Waals surface area contributed by atoms with E-state index in [0.717, 1.165) is 12.2 Å². The van der Waals surface area contributed by atoms with Crippen molar-refractivity contribution in [3.05, 3.63) is 53.5 Å². The highest BCUT2D eigenvalue weighted by atomic mass is 16.1. The van der Waals surface area contributed by atoms with Gasteiger partial charge in [0.15, 0.2) is 0 Å².